The average Bonchev–Trinajstić information content (AvgIpc) is 2.74. The van der Waals surface area contributed by atoms with Gasteiger partial charge in [-0.1, -0.05) is 26.7 Å². The maximum atomic E-state index is 12.6. The van der Waals surface area contributed by atoms with E-state index in [4.69, 9.17) is 5.11 Å². The number of nitrogens with zero attached hydrogens (tertiary/aromatic N) is 1. The molecule has 0 spiro atoms. The topological polar surface area (TPSA) is 57.6 Å². The van der Waals surface area contributed by atoms with Crippen LogP contribution in [0.5, 0.6) is 0 Å². The predicted octanol–water partition coefficient (Wildman–Crippen LogP) is 2.76. The third kappa shape index (κ3) is 3.90. The number of carbonyl (C=O) groups is 2. The van der Waals surface area contributed by atoms with Crippen LogP contribution in [-0.4, -0.2) is 45.5 Å². The van der Waals surface area contributed by atoms with Crippen molar-refractivity contribution >= 4 is 23.6 Å². The summed E-state index contributed by atoms with van der Waals surface area (Å²) < 4.78 is 0. The molecule has 1 amide bonds. The standard InChI is InChI=1S/C15H25NO3S/c1-11-9-16(10-12(2)20-11)13(17)7-15(8-14(18)19)5-3-4-6-15/h11-12H,3-10H2,1-2H3,(H,18,19). The van der Waals surface area contributed by atoms with Gasteiger partial charge in [0.1, 0.15) is 0 Å². The van der Waals surface area contributed by atoms with Crippen LogP contribution in [0, 0.1) is 5.41 Å². The number of carboxylic acids is 1. The molecular formula is C15H25NO3S. The fourth-order valence-corrected chi connectivity index (χ4v) is 5.00. The Balaban J connectivity index is 1.99. The summed E-state index contributed by atoms with van der Waals surface area (Å²) in [5.41, 5.74) is -0.278. The molecule has 114 valence electrons. The first-order valence-corrected chi connectivity index (χ1v) is 8.49. The van der Waals surface area contributed by atoms with Crippen LogP contribution in [-0.2, 0) is 9.59 Å². The van der Waals surface area contributed by atoms with E-state index in [1.54, 1.807) is 0 Å². The molecule has 0 aromatic carbocycles. The summed E-state index contributed by atoms with van der Waals surface area (Å²) in [6.45, 7) is 5.92. The van der Waals surface area contributed by atoms with Gasteiger partial charge in [0, 0.05) is 30.0 Å². The van der Waals surface area contributed by atoms with Gasteiger partial charge in [0.25, 0.3) is 0 Å². The van der Waals surface area contributed by atoms with Crippen LogP contribution >= 0.6 is 11.8 Å². The third-order valence-corrected chi connectivity index (χ3v) is 5.72. The molecule has 1 saturated carbocycles. The van der Waals surface area contributed by atoms with Crippen LogP contribution in [0.2, 0.25) is 0 Å². The van der Waals surface area contributed by atoms with E-state index in [2.05, 4.69) is 13.8 Å². The van der Waals surface area contributed by atoms with Crippen molar-refractivity contribution in [2.45, 2.75) is 62.9 Å². The summed E-state index contributed by atoms with van der Waals surface area (Å²) in [6, 6.07) is 0. The number of amides is 1. The van der Waals surface area contributed by atoms with Crippen LogP contribution in [0.1, 0.15) is 52.4 Å². The lowest BCUT2D eigenvalue weighted by Crippen LogP contribution is -2.45. The lowest BCUT2D eigenvalue weighted by atomic mass is 9.79. The van der Waals surface area contributed by atoms with Gasteiger partial charge >= 0.3 is 5.97 Å². The summed E-state index contributed by atoms with van der Waals surface area (Å²) in [4.78, 5) is 25.6. The molecule has 1 N–H and O–H groups in total. The lowest BCUT2D eigenvalue weighted by Gasteiger charge is -2.37. The van der Waals surface area contributed by atoms with Crippen molar-refractivity contribution < 1.29 is 14.7 Å². The number of carbonyl (C=O) groups excluding carboxylic acids is 1. The Labute approximate surface area is 125 Å². The normalized spacial score (nSPS) is 29.4. The van der Waals surface area contributed by atoms with Crippen molar-refractivity contribution in [2.24, 2.45) is 5.41 Å². The molecule has 1 saturated heterocycles. The van der Waals surface area contributed by atoms with E-state index in [0.29, 0.717) is 16.9 Å². The zero-order valence-corrected chi connectivity index (χ0v) is 13.2. The molecule has 5 heteroatoms. The summed E-state index contributed by atoms with van der Waals surface area (Å²) in [5.74, 6) is -0.609. The van der Waals surface area contributed by atoms with Gasteiger partial charge in [0.2, 0.25) is 5.91 Å². The van der Waals surface area contributed by atoms with Gasteiger partial charge in [-0.15, -0.1) is 0 Å². The third-order valence-electron chi connectivity index (χ3n) is 4.49. The van der Waals surface area contributed by atoms with Gasteiger partial charge in [-0.2, -0.15) is 11.8 Å². The molecule has 2 atom stereocenters. The first-order chi connectivity index (χ1) is 9.40. The molecule has 2 aliphatic rings. The molecule has 2 rings (SSSR count). The Kier molecular flexibility index (Phi) is 4.99. The minimum absolute atomic E-state index is 0.145. The first kappa shape index (κ1) is 15.7. The Morgan fingerprint density at radius 1 is 1.15 bits per heavy atom. The number of rotatable bonds is 4. The number of thioether (sulfide) groups is 1. The molecule has 1 aliphatic heterocycles. The molecule has 0 aromatic rings. The second kappa shape index (κ2) is 6.37. The number of hydrogen-bond donors (Lipinski definition) is 1. The van der Waals surface area contributed by atoms with Gasteiger partial charge in [0.05, 0.1) is 6.42 Å². The largest absolute Gasteiger partial charge is 0.481 e. The number of aliphatic carboxylic acids is 1. The maximum absolute atomic E-state index is 12.6. The van der Waals surface area contributed by atoms with Crippen LogP contribution < -0.4 is 0 Å². The number of carboxylic acid groups (broad SMARTS) is 1. The van der Waals surface area contributed by atoms with Gasteiger partial charge in [-0.05, 0) is 18.3 Å². The van der Waals surface area contributed by atoms with Crippen molar-refractivity contribution in [3.05, 3.63) is 0 Å². The summed E-state index contributed by atoms with van der Waals surface area (Å²) in [7, 11) is 0. The predicted molar refractivity (Wildman–Crippen MR) is 80.9 cm³/mol. The molecule has 2 unspecified atom stereocenters. The molecule has 0 aromatic heterocycles. The minimum atomic E-state index is -0.768. The molecule has 0 bridgehead atoms. The molecule has 2 fully saturated rings. The molecule has 1 aliphatic carbocycles. The second-order valence-corrected chi connectivity index (χ2v) is 8.39. The highest BCUT2D eigenvalue weighted by Crippen LogP contribution is 2.44. The smallest absolute Gasteiger partial charge is 0.303 e. The average molecular weight is 299 g/mol. The van der Waals surface area contributed by atoms with Crippen LogP contribution in [0.25, 0.3) is 0 Å². The summed E-state index contributed by atoms with van der Waals surface area (Å²) in [5, 5.41) is 10.1. The quantitative estimate of drug-likeness (QED) is 0.867. The van der Waals surface area contributed by atoms with Gasteiger partial charge in [0.15, 0.2) is 0 Å². The van der Waals surface area contributed by atoms with E-state index in [1.807, 2.05) is 16.7 Å². The Hall–Kier alpha value is -0.710. The fraction of sp³-hybridized carbons (Fsp3) is 0.867. The summed E-state index contributed by atoms with van der Waals surface area (Å²) in [6.07, 6.45) is 4.46. The highest BCUT2D eigenvalue weighted by atomic mass is 32.2. The minimum Gasteiger partial charge on any atom is -0.481 e. The Bertz CT molecular complexity index is 369. The second-order valence-electron chi connectivity index (χ2n) is 6.51. The van der Waals surface area contributed by atoms with E-state index in [1.165, 1.54) is 0 Å². The van der Waals surface area contributed by atoms with E-state index in [9.17, 15) is 9.59 Å². The molecule has 20 heavy (non-hydrogen) atoms. The number of hydrogen-bond acceptors (Lipinski definition) is 3. The SMILES string of the molecule is CC1CN(C(=O)CC2(CC(=O)O)CCCC2)CC(C)S1. The van der Waals surface area contributed by atoms with E-state index in [0.717, 1.165) is 38.8 Å². The zero-order valence-electron chi connectivity index (χ0n) is 12.4. The van der Waals surface area contributed by atoms with E-state index >= 15 is 0 Å². The Morgan fingerprint density at radius 2 is 1.70 bits per heavy atom. The van der Waals surface area contributed by atoms with Crippen molar-refractivity contribution in [1.29, 1.82) is 0 Å². The van der Waals surface area contributed by atoms with Crippen molar-refractivity contribution in [3.8, 4) is 0 Å². The monoisotopic (exact) mass is 299 g/mol. The zero-order chi connectivity index (χ0) is 14.8. The maximum Gasteiger partial charge on any atom is 0.303 e. The lowest BCUT2D eigenvalue weighted by molar-refractivity contribution is -0.141. The molecular weight excluding hydrogens is 274 g/mol. The fourth-order valence-electron chi connectivity index (χ4n) is 3.68. The van der Waals surface area contributed by atoms with Gasteiger partial charge in [-0.3, -0.25) is 9.59 Å². The molecule has 4 nitrogen and oxygen atoms in total. The van der Waals surface area contributed by atoms with Crippen LogP contribution in [0.3, 0.4) is 0 Å². The van der Waals surface area contributed by atoms with E-state index in [-0.39, 0.29) is 17.7 Å². The highest BCUT2D eigenvalue weighted by Gasteiger charge is 2.39. The van der Waals surface area contributed by atoms with Crippen LogP contribution in [0.15, 0.2) is 0 Å². The molecule has 0 radical (unpaired) electrons. The molecule has 1 heterocycles. The highest BCUT2D eigenvalue weighted by molar-refractivity contribution is 8.00. The van der Waals surface area contributed by atoms with E-state index < -0.39 is 5.97 Å². The van der Waals surface area contributed by atoms with Crippen molar-refractivity contribution in [3.63, 3.8) is 0 Å². The first-order valence-electron chi connectivity index (χ1n) is 7.55. The van der Waals surface area contributed by atoms with Crippen molar-refractivity contribution in [1.82, 2.24) is 4.90 Å². The Morgan fingerprint density at radius 3 is 2.20 bits per heavy atom. The van der Waals surface area contributed by atoms with Gasteiger partial charge in [-0.25, -0.2) is 0 Å². The van der Waals surface area contributed by atoms with Crippen LogP contribution in [0.4, 0.5) is 0 Å². The van der Waals surface area contributed by atoms with Gasteiger partial charge < -0.3 is 10.0 Å². The van der Waals surface area contributed by atoms with Crippen molar-refractivity contribution in [2.75, 3.05) is 13.1 Å². The summed E-state index contributed by atoms with van der Waals surface area (Å²) >= 11 is 1.93.